The summed E-state index contributed by atoms with van der Waals surface area (Å²) < 4.78 is 0. The van der Waals surface area contributed by atoms with E-state index in [1.807, 2.05) is 0 Å². The molecule has 1 aromatic carbocycles. The third kappa shape index (κ3) is 6.61. The number of hydrogen-bond donors (Lipinski definition) is 2. The van der Waals surface area contributed by atoms with Gasteiger partial charge in [-0.1, -0.05) is 12.1 Å². The first kappa shape index (κ1) is 19.3. The van der Waals surface area contributed by atoms with Crippen molar-refractivity contribution in [2.24, 2.45) is 0 Å². The first-order valence-electron chi connectivity index (χ1n) is 4.87. The van der Waals surface area contributed by atoms with E-state index < -0.39 is 11.9 Å². The van der Waals surface area contributed by atoms with Gasteiger partial charge in [0.1, 0.15) is 5.75 Å². The molecule has 0 unspecified atom stereocenters. The van der Waals surface area contributed by atoms with Gasteiger partial charge < -0.3 is 25.8 Å². The predicted molar refractivity (Wildman–Crippen MR) is 58.3 cm³/mol. The number of hydrogen-bond acceptors (Lipinski definition) is 4. The van der Waals surface area contributed by atoms with Crippen molar-refractivity contribution in [3.63, 3.8) is 0 Å². The average molecular weight is 263 g/mol. The van der Waals surface area contributed by atoms with Crippen molar-refractivity contribution < 1.29 is 54.8 Å². The van der Waals surface area contributed by atoms with Gasteiger partial charge in [0.2, 0.25) is 0 Å². The van der Waals surface area contributed by atoms with Gasteiger partial charge in [-0.3, -0.25) is 4.79 Å². The maximum absolute atomic E-state index is 11.5. The molecule has 0 radical (unpaired) electrons. The zero-order chi connectivity index (χ0) is 12.0. The van der Waals surface area contributed by atoms with E-state index in [4.69, 9.17) is 0 Å². The van der Waals surface area contributed by atoms with E-state index in [0.717, 1.165) is 0 Å². The summed E-state index contributed by atoms with van der Waals surface area (Å²) in [4.78, 5) is 21.6. The van der Waals surface area contributed by atoms with Gasteiger partial charge in [-0.15, -0.1) is 0 Å². The number of para-hydroxylation sites is 1. The molecule has 0 spiro atoms. The molecule has 0 fully saturated rings. The van der Waals surface area contributed by atoms with Crippen LogP contribution in [0.15, 0.2) is 24.3 Å². The van der Waals surface area contributed by atoms with Gasteiger partial charge >= 0.3 is 29.6 Å². The number of rotatable bonds is 5. The fourth-order valence-electron chi connectivity index (χ4n) is 1.20. The van der Waals surface area contributed by atoms with Gasteiger partial charge in [0, 0.05) is 12.5 Å². The summed E-state index contributed by atoms with van der Waals surface area (Å²) in [6, 6.07) is 6.15. The Bertz CT molecular complexity index is 397. The van der Waals surface area contributed by atoms with Gasteiger partial charge in [-0.25, -0.2) is 0 Å². The molecular weight excluding hydrogens is 249 g/mol. The summed E-state index contributed by atoms with van der Waals surface area (Å²) in [6.07, 6.45) is 0.211. The van der Waals surface area contributed by atoms with Gasteiger partial charge in [-0.2, -0.15) is 0 Å². The van der Waals surface area contributed by atoms with Crippen LogP contribution in [0.5, 0.6) is 5.75 Å². The quantitative estimate of drug-likeness (QED) is 0.413. The summed E-state index contributed by atoms with van der Waals surface area (Å²) in [7, 11) is 0. The number of carbonyl (C=O) groups excluding carboxylic acids is 2. The number of phenolic OH excluding ortho intramolecular Hbond substituents is 1. The van der Waals surface area contributed by atoms with Crippen LogP contribution < -0.4 is 40.0 Å². The molecule has 0 saturated heterocycles. The number of aromatic hydroxyl groups is 1. The second-order valence-electron chi connectivity index (χ2n) is 3.25. The van der Waals surface area contributed by atoms with Crippen LogP contribution in [0, 0.1) is 0 Å². The molecule has 0 heterocycles. The first-order valence-corrected chi connectivity index (χ1v) is 4.87. The molecule has 94 valence electrons. The van der Waals surface area contributed by atoms with E-state index in [2.05, 4.69) is 5.32 Å². The van der Waals surface area contributed by atoms with Crippen LogP contribution in [-0.2, 0) is 4.79 Å². The Morgan fingerprint density at radius 2 is 1.89 bits per heavy atom. The number of carboxylic acids is 1. The summed E-state index contributed by atoms with van der Waals surface area (Å²) in [5, 5.41) is 22.0. The summed E-state index contributed by atoms with van der Waals surface area (Å²) >= 11 is 0. The molecule has 7 heteroatoms. The molecule has 0 aliphatic heterocycles. The van der Waals surface area contributed by atoms with Crippen LogP contribution in [0.2, 0.25) is 0 Å². The van der Waals surface area contributed by atoms with Gasteiger partial charge in [-0.05, 0) is 25.0 Å². The van der Waals surface area contributed by atoms with E-state index in [0.29, 0.717) is 6.42 Å². The Kier molecular flexibility index (Phi) is 10.6. The van der Waals surface area contributed by atoms with Gasteiger partial charge in [0.25, 0.3) is 5.91 Å². The molecule has 0 saturated carbocycles. The standard InChI is InChI=1S/C11H13NO4.Na.H2O/c13-9-5-2-1-4-8(9)11(16)12-7-3-6-10(14)15;;/h1-2,4-5,13H,3,6-7H2,(H,12,16)(H,14,15);;1H2/q;+1;/p-1. The molecule has 6 nitrogen and oxygen atoms in total. The van der Waals surface area contributed by atoms with Gasteiger partial charge in [0.05, 0.1) is 5.56 Å². The number of benzene rings is 1. The second-order valence-corrected chi connectivity index (χ2v) is 3.25. The monoisotopic (exact) mass is 263 g/mol. The fraction of sp³-hybridized carbons (Fsp3) is 0.273. The Balaban J connectivity index is 0. The van der Waals surface area contributed by atoms with Crippen molar-refractivity contribution in [3.05, 3.63) is 29.8 Å². The molecular formula is C11H14NNaO5. The fourth-order valence-corrected chi connectivity index (χ4v) is 1.20. The molecule has 0 aliphatic carbocycles. The number of aliphatic carboxylic acids is 1. The summed E-state index contributed by atoms with van der Waals surface area (Å²) in [6.45, 7) is 0.237. The van der Waals surface area contributed by atoms with Crippen LogP contribution in [0.4, 0.5) is 0 Å². The third-order valence-electron chi connectivity index (χ3n) is 1.99. The second kappa shape index (κ2) is 9.90. The van der Waals surface area contributed by atoms with Gasteiger partial charge in [0.15, 0.2) is 0 Å². The molecule has 1 aromatic rings. The molecule has 0 aromatic heterocycles. The van der Waals surface area contributed by atoms with Crippen molar-refractivity contribution in [2.45, 2.75) is 12.8 Å². The summed E-state index contributed by atoms with van der Waals surface area (Å²) in [5.41, 5.74) is 0.177. The molecule has 1 rings (SSSR count). The number of amides is 1. The normalized spacial score (nSPS) is 8.67. The van der Waals surface area contributed by atoms with E-state index in [1.54, 1.807) is 12.1 Å². The van der Waals surface area contributed by atoms with Crippen molar-refractivity contribution in [1.29, 1.82) is 0 Å². The van der Waals surface area contributed by atoms with Crippen LogP contribution in [0.25, 0.3) is 0 Å². The first-order chi connectivity index (χ1) is 7.61. The van der Waals surface area contributed by atoms with E-state index in [9.17, 15) is 19.8 Å². The SMILES string of the molecule is O.O=C([O-])CCCNC(=O)c1ccccc1O.[Na+]. The Hall–Kier alpha value is -1.08. The van der Waals surface area contributed by atoms with E-state index in [1.165, 1.54) is 12.1 Å². The van der Waals surface area contributed by atoms with Crippen LogP contribution in [0.3, 0.4) is 0 Å². The predicted octanol–water partition coefficient (Wildman–Crippen LogP) is -4.17. The maximum atomic E-state index is 11.5. The minimum absolute atomic E-state index is 0. The largest absolute Gasteiger partial charge is 1.00 e. The summed E-state index contributed by atoms with van der Waals surface area (Å²) in [5.74, 6) is -1.66. The van der Waals surface area contributed by atoms with Crippen molar-refractivity contribution >= 4 is 11.9 Å². The minimum atomic E-state index is -1.14. The van der Waals surface area contributed by atoms with Crippen LogP contribution in [-0.4, -0.2) is 29.0 Å². The zero-order valence-electron chi connectivity index (χ0n) is 10.1. The van der Waals surface area contributed by atoms with Crippen LogP contribution in [0.1, 0.15) is 23.2 Å². The number of phenols is 1. The van der Waals surface area contributed by atoms with Crippen molar-refractivity contribution in [3.8, 4) is 5.75 Å². The Labute approximate surface area is 127 Å². The molecule has 0 aliphatic rings. The molecule has 1 amide bonds. The zero-order valence-corrected chi connectivity index (χ0v) is 12.1. The molecule has 18 heavy (non-hydrogen) atoms. The third-order valence-corrected chi connectivity index (χ3v) is 1.99. The average Bonchev–Trinajstić information content (AvgIpc) is 2.24. The number of carbonyl (C=O) groups is 2. The smallest absolute Gasteiger partial charge is 0.550 e. The maximum Gasteiger partial charge on any atom is 1.00 e. The number of carboxylic acid groups (broad SMARTS) is 1. The Morgan fingerprint density at radius 3 is 2.44 bits per heavy atom. The minimum Gasteiger partial charge on any atom is -0.550 e. The van der Waals surface area contributed by atoms with E-state index >= 15 is 0 Å². The van der Waals surface area contributed by atoms with Crippen molar-refractivity contribution in [2.75, 3.05) is 6.54 Å². The molecule has 4 N–H and O–H groups in total. The Morgan fingerprint density at radius 1 is 1.28 bits per heavy atom. The molecule has 0 atom stereocenters. The van der Waals surface area contributed by atoms with E-state index in [-0.39, 0.29) is 59.3 Å². The molecule has 0 bridgehead atoms. The number of nitrogens with one attached hydrogen (secondary N) is 1. The van der Waals surface area contributed by atoms with Crippen molar-refractivity contribution in [1.82, 2.24) is 5.32 Å². The topological polar surface area (TPSA) is 121 Å². The van der Waals surface area contributed by atoms with Crippen LogP contribution >= 0.6 is 0 Å².